The van der Waals surface area contributed by atoms with Crippen LogP contribution in [0.3, 0.4) is 0 Å². The monoisotopic (exact) mass is 187 g/mol. The van der Waals surface area contributed by atoms with Crippen molar-refractivity contribution in [1.82, 2.24) is 15.5 Å². The summed E-state index contributed by atoms with van der Waals surface area (Å²) in [4.78, 5) is 3.95. The van der Waals surface area contributed by atoms with Crippen molar-refractivity contribution in [2.75, 3.05) is 13.2 Å². The molecule has 0 fully saturated rings. The van der Waals surface area contributed by atoms with Crippen LogP contribution in [0.4, 0.5) is 0 Å². The van der Waals surface area contributed by atoms with Gasteiger partial charge in [0.15, 0.2) is 5.82 Å². The van der Waals surface area contributed by atoms with Crippen molar-refractivity contribution in [3.8, 4) is 0 Å². The Kier molecular flexibility index (Phi) is 3.81. The van der Waals surface area contributed by atoms with Gasteiger partial charge in [-0.3, -0.25) is 0 Å². The molecule has 3 N–H and O–H groups in total. The van der Waals surface area contributed by atoms with E-state index in [1.807, 2.05) is 0 Å². The molecule has 0 saturated carbocycles. The third-order valence-electron chi connectivity index (χ3n) is 1.44. The van der Waals surface area contributed by atoms with Gasteiger partial charge in [-0.2, -0.15) is 4.98 Å². The Morgan fingerprint density at radius 3 is 2.92 bits per heavy atom. The molecule has 0 bridgehead atoms. The third-order valence-corrected chi connectivity index (χ3v) is 1.44. The van der Waals surface area contributed by atoms with Gasteiger partial charge in [0.05, 0.1) is 19.3 Å². The zero-order valence-electron chi connectivity index (χ0n) is 7.40. The first-order valence-corrected chi connectivity index (χ1v) is 4.01. The number of nitrogens with one attached hydrogen (secondary N) is 1. The second-order valence-electron chi connectivity index (χ2n) is 2.70. The molecule has 74 valence electrons. The average molecular weight is 187 g/mol. The second kappa shape index (κ2) is 4.90. The summed E-state index contributed by atoms with van der Waals surface area (Å²) in [7, 11) is 0. The fourth-order valence-electron chi connectivity index (χ4n) is 0.828. The molecule has 1 aromatic rings. The molecule has 0 radical (unpaired) electrons. The Bertz CT molecular complexity index is 251. The minimum Gasteiger partial charge on any atom is -0.394 e. The van der Waals surface area contributed by atoms with E-state index in [0.29, 0.717) is 24.8 Å². The zero-order valence-corrected chi connectivity index (χ0v) is 7.40. The number of hydrogen-bond donors (Lipinski definition) is 3. The van der Waals surface area contributed by atoms with Crippen molar-refractivity contribution >= 4 is 0 Å². The smallest absolute Gasteiger partial charge is 0.223 e. The van der Waals surface area contributed by atoms with Gasteiger partial charge in [-0.05, 0) is 0 Å². The van der Waals surface area contributed by atoms with Crippen LogP contribution in [0.2, 0.25) is 0 Å². The molecule has 1 atom stereocenters. The van der Waals surface area contributed by atoms with Crippen molar-refractivity contribution in [2.24, 2.45) is 0 Å². The summed E-state index contributed by atoms with van der Waals surface area (Å²) in [5.74, 6) is 1.06. The molecule has 13 heavy (non-hydrogen) atoms. The van der Waals surface area contributed by atoms with Crippen LogP contribution in [-0.2, 0) is 6.54 Å². The molecule has 0 spiro atoms. The molecule has 0 amide bonds. The first-order valence-electron chi connectivity index (χ1n) is 4.01. The number of nitrogens with zero attached hydrogens (tertiary/aromatic N) is 2. The Balaban J connectivity index is 2.20. The van der Waals surface area contributed by atoms with Gasteiger partial charge in [-0.1, -0.05) is 5.16 Å². The molecule has 6 heteroatoms. The van der Waals surface area contributed by atoms with Crippen molar-refractivity contribution in [1.29, 1.82) is 0 Å². The number of hydrogen-bond acceptors (Lipinski definition) is 6. The standard InChI is InChI=1S/C7H13N3O3/c1-5-9-7(10-13-5)3-8-2-6(12)4-11/h6,8,11-12H,2-4H2,1H3/t6-/m0/s1. The van der Waals surface area contributed by atoms with Crippen LogP contribution in [0.15, 0.2) is 4.52 Å². The predicted octanol–water partition coefficient (Wildman–Crippen LogP) is -1.18. The van der Waals surface area contributed by atoms with E-state index in [2.05, 4.69) is 15.5 Å². The molecule has 1 aromatic heterocycles. The maximum Gasteiger partial charge on any atom is 0.223 e. The van der Waals surface area contributed by atoms with Gasteiger partial charge in [-0.25, -0.2) is 0 Å². The van der Waals surface area contributed by atoms with Gasteiger partial charge in [0.2, 0.25) is 5.89 Å². The van der Waals surface area contributed by atoms with Crippen molar-refractivity contribution < 1.29 is 14.7 Å². The van der Waals surface area contributed by atoms with Gasteiger partial charge >= 0.3 is 0 Å². The first-order chi connectivity index (χ1) is 6.22. The summed E-state index contributed by atoms with van der Waals surface area (Å²) in [5.41, 5.74) is 0. The molecule has 6 nitrogen and oxygen atoms in total. The quantitative estimate of drug-likeness (QED) is 0.537. The predicted molar refractivity (Wildman–Crippen MR) is 43.8 cm³/mol. The number of rotatable bonds is 5. The van der Waals surface area contributed by atoms with Gasteiger partial charge in [0.1, 0.15) is 0 Å². The highest BCUT2D eigenvalue weighted by molar-refractivity contribution is 4.82. The molecular formula is C7H13N3O3. The Morgan fingerprint density at radius 2 is 2.38 bits per heavy atom. The lowest BCUT2D eigenvalue weighted by Crippen LogP contribution is -2.29. The van der Waals surface area contributed by atoms with Crippen molar-refractivity contribution in [3.63, 3.8) is 0 Å². The lowest BCUT2D eigenvalue weighted by molar-refractivity contribution is 0.0940. The summed E-state index contributed by atoms with van der Waals surface area (Å²) in [6.45, 7) is 2.19. The third kappa shape index (κ3) is 3.49. The summed E-state index contributed by atoms with van der Waals surface area (Å²) < 4.78 is 4.74. The summed E-state index contributed by atoms with van der Waals surface area (Å²) in [6, 6.07) is 0. The second-order valence-corrected chi connectivity index (χ2v) is 2.70. The molecule has 0 aliphatic heterocycles. The van der Waals surface area contributed by atoms with Crippen molar-refractivity contribution in [3.05, 3.63) is 11.7 Å². The van der Waals surface area contributed by atoms with E-state index in [1.54, 1.807) is 6.92 Å². The molecule has 0 unspecified atom stereocenters. The fraction of sp³-hybridized carbons (Fsp3) is 0.714. The molecule has 0 aromatic carbocycles. The van der Waals surface area contributed by atoms with Gasteiger partial charge < -0.3 is 20.1 Å². The summed E-state index contributed by atoms with van der Waals surface area (Å²) >= 11 is 0. The lowest BCUT2D eigenvalue weighted by atomic mass is 10.4. The zero-order chi connectivity index (χ0) is 9.68. The molecular weight excluding hydrogens is 174 g/mol. The maximum atomic E-state index is 8.96. The molecule has 0 aliphatic rings. The first kappa shape index (κ1) is 10.1. The van der Waals surface area contributed by atoms with Crippen molar-refractivity contribution in [2.45, 2.75) is 19.6 Å². The van der Waals surface area contributed by atoms with Crippen LogP contribution < -0.4 is 5.32 Å². The van der Waals surface area contributed by atoms with E-state index in [0.717, 1.165) is 0 Å². The van der Waals surface area contributed by atoms with E-state index in [1.165, 1.54) is 0 Å². The highest BCUT2D eigenvalue weighted by Gasteiger charge is 2.03. The highest BCUT2D eigenvalue weighted by Crippen LogP contribution is 1.93. The van der Waals surface area contributed by atoms with Gasteiger partial charge in [0.25, 0.3) is 0 Å². The normalized spacial score (nSPS) is 13.2. The number of aliphatic hydroxyl groups is 2. The average Bonchev–Trinajstić information content (AvgIpc) is 2.51. The fourth-order valence-corrected chi connectivity index (χ4v) is 0.828. The van der Waals surface area contributed by atoms with E-state index >= 15 is 0 Å². The van der Waals surface area contributed by atoms with Crippen LogP contribution >= 0.6 is 0 Å². The molecule has 0 saturated heterocycles. The highest BCUT2D eigenvalue weighted by atomic mass is 16.5. The number of aryl methyl sites for hydroxylation is 1. The summed E-state index contributed by atoms with van der Waals surface area (Å²) in [5, 5.41) is 24.0. The Morgan fingerprint density at radius 1 is 1.62 bits per heavy atom. The topological polar surface area (TPSA) is 91.4 Å². The number of aromatic nitrogens is 2. The van der Waals surface area contributed by atoms with Gasteiger partial charge in [0, 0.05) is 13.5 Å². The van der Waals surface area contributed by atoms with Crippen LogP contribution in [0, 0.1) is 6.92 Å². The number of aliphatic hydroxyl groups excluding tert-OH is 2. The minimum absolute atomic E-state index is 0.252. The largest absolute Gasteiger partial charge is 0.394 e. The van der Waals surface area contributed by atoms with E-state index in [9.17, 15) is 0 Å². The Labute approximate surface area is 75.6 Å². The van der Waals surface area contributed by atoms with E-state index < -0.39 is 6.10 Å². The Hall–Kier alpha value is -0.980. The SMILES string of the molecule is Cc1nc(CNC[C@H](O)CO)no1. The van der Waals surface area contributed by atoms with E-state index in [4.69, 9.17) is 14.7 Å². The maximum absolute atomic E-state index is 8.96. The van der Waals surface area contributed by atoms with E-state index in [-0.39, 0.29) is 6.61 Å². The lowest BCUT2D eigenvalue weighted by Gasteiger charge is -2.06. The molecule has 0 aliphatic carbocycles. The van der Waals surface area contributed by atoms with Gasteiger partial charge in [-0.15, -0.1) is 0 Å². The summed E-state index contributed by atoms with van der Waals surface area (Å²) in [6.07, 6.45) is -0.743. The molecule has 1 heterocycles. The van der Waals surface area contributed by atoms with Crippen LogP contribution in [0.5, 0.6) is 0 Å². The minimum atomic E-state index is -0.743. The van der Waals surface area contributed by atoms with Crippen LogP contribution in [0.25, 0.3) is 0 Å². The van der Waals surface area contributed by atoms with Crippen LogP contribution in [-0.4, -0.2) is 39.6 Å². The molecule has 1 rings (SSSR count). The van der Waals surface area contributed by atoms with Crippen LogP contribution in [0.1, 0.15) is 11.7 Å².